The highest BCUT2D eigenvalue weighted by Crippen LogP contribution is 2.28. The lowest BCUT2D eigenvalue weighted by Gasteiger charge is -2.36. The van der Waals surface area contributed by atoms with Crippen LogP contribution in [0, 0.1) is 0 Å². The molecule has 0 saturated carbocycles. The van der Waals surface area contributed by atoms with Crippen molar-refractivity contribution in [2.75, 3.05) is 45.2 Å². The molecule has 9 heteroatoms. The third-order valence-corrected chi connectivity index (χ3v) is 5.22. The maximum absolute atomic E-state index is 12.6. The third-order valence-electron chi connectivity index (χ3n) is 4.99. The van der Waals surface area contributed by atoms with Gasteiger partial charge in [-0.05, 0) is 25.1 Å². The number of urea groups is 1. The molecular formula is C19H23ClN6O2. The van der Waals surface area contributed by atoms with Crippen molar-refractivity contribution in [3.8, 4) is 5.75 Å². The van der Waals surface area contributed by atoms with Crippen molar-refractivity contribution < 1.29 is 9.53 Å². The molecule has 1 saturated heterocycles. The van der Waals surface area contributed by atoms with E-state index in [1.165, 1.54) is 0 Å². The molecule has 0 bridgehead atoms. The summed E-state index contributed by atoms with van der Waals surface area (Å²) < 4.78 is 5.29. The number of halogens is 1. The number of ether oxygens (including phenoxy) is 1. The number of nitrogens with zero attached hydrogens (tertiary/aromatic N) is 5. The molecule has 148 valence electrons. The van der Waals surface area contributed by atoms with Crippen LogP contribution in [-0.2, 0) is 0 Å². The summed E-state index contributed by atoms with van der Waals surface area (Å²) in [5.41, 5.74) is 0.565. The van der Waals surface area contributed by atoms with E-state index in [0.717, 1.165) is 18.2 Å². The second kappa shape index (κ2) is 7.71. The van der Waals surface area contributed by atoms with E-state index in [4.69, 9.17) is 16.3 Å². The summed E-state index contributed by atoms with van der Waals surface area (Å²) in [7, 11) is 1.56. The van der Waals surface area contributed by atoms with Gasteiger partial charge in [-0.1, -0.05) is 11.6 Å². The van der Waals surface area contributed by atoms with Crippen molar-refractivity contribution in [1.82, 2.24) is 14.7 Å². The van der Waals surface area contributed by atoms with Gasteiger partial charge < -0.3 is 24.8 Å². The van der Waals surface area contributed by atoms with Crippen LogP contribution in [-0.4, -0.2) is 78.8 Å². The summed E-state index contributed by atoms with van der Waals surface area (Å²) in [5, 5.41) is 3.43. The van der Waals surface area contributed by atoms with Crippen LogP contribution in [0.2, 0.25) is 5.02 Å². The quantitative estimate of drug-likeness (QED) is 0.843. The number of hydrogen-bond donors (Lipinski definition) is 1. The third kappa shape index (κ3) is 3.77. The molecule has 28 heavy (non-hydrogen) atoms. The molecule has 2 amide bonds. The van der Waals surface area contributed by atoms with E-state index in [1.54, 1.807) is 30.2 Å². The number of carbonyl (C=O) groups is 1. The van der Waals surface area contributed by atoms with Crippen LogP contribution < -0.4 is 10.1 Å². The highest BCUT2D eigenvalue weighted by atomic mass is 35.5. The molecule has 1 fully saturated rings. The van der Waals surface area contributed by atoms with Gasteiger partial charge in [0.2, 0.25) is 0 Å². The summed E-state index contributed by atoms with van der Waals surface area (Å²) in [6, 6.07) is 5.27. The average molecular weight is 403 g/mol. The number of fused-ring (bicyclic) bond motifs is 1. The van der Waals surface area contributed by atoms with Crippen molar-refractivity contribution in [2.45, 2.75) is 13.0 Å². The number of anilines is 1. The molecule has 3 aliphatic rings. The number of benzene rings is 1. The van der Waals surface area contributed by atoms with Crippen molar-refractivity contribution in [2.24, 2.45) is 9.98 Å². The summed E-state index contributed by atoms with van der Waals surface area (Å²) in [6.45, 7) is 5.61. The van der Waals surface area contributed by atoms with Gasteiger partial charge >= 0.3 is 6.03 Å². The largest absolute Gasteiger partial charge is 0.495 e. The van der Waals surface area contributed by atoms with Crippen molar-refractivity contribution >= 4 is 35.5 Å². The summed E-state index contributed by atoms with van der Waals surface area (Å²) >= 11 is 6.04. The van der Waals surface area contributed by atoms with Crippen molar-refractivity contribution in [3.05, 3.63) is 35.1 Å². The fraction of sp³-hybridized carbons (Fsp3) is 0.421. The fourth-order valence-corrected chi connectivity index (χ4v) is 3.68. The molecule has 0 radical (unpaired) electrons. The molecule has 1 atom stereocenters. The first-order chi connectivity index (χ1) is 13.5. The molecule has 1 N–H and O–H groups in total. The predicted molar refractivity (Wildman–Crippen MR) is 110 cm³/mol. The lowest BCUT2D eigenvalue weighted by atomic mass is 10.3. The SMILES string of the molecule is COc1ccc(Cl)cc1NC(=O)N1CCN(C2=CC3=NC(C)CN3C=N2)CC1. The minimum atomic E-state index is -0.165. The highest BCUT2D eigenvalue weighted by molar-refractivity contribution is 6.31. The van der Waals surface area contributed by atoms with E-state index >= 15 is 0 Å². The Hall–Kier alpha value is -2.74. The van der Waals surface area contributed by atoms with Crippen LogP contribution >= 0.6 is 11.6 Å². The number of hydrogen-bond acceptors (Lipinski definition) is 6. The topological polar surface area (TPSA) is 72.8 Å². The Balaban J connectivity index is 1.36. The first-order valence-corrected chi connectivity index (χ1v) is 9.66. The van der Waals surface area contributed by atoms with Crippen molar-refractivity contribution in [3.63, 3.8) is 0 Å². The van der Waals surface area contributed by atoms with E-state index in [1.807, 2.05) is 12.4 Å². The molecular weight excluding hydrogens is 380 g/mol. The van der Waals surface area contributed by atoms with Crippen LogP contribution in [0.15, 0.2) is 40.1 Å². The van der Waals surface area contributed by atoms with Gasteiger partial charge in [0.15, 0.2) is 0 Å². The minimum Gasteiger partial charge on any atom is -0.495 e. The Morgan fingerprint density at radius 3 is 2.82 bits per heavy atom. The van der Waals surface area contributed by atoms with Crippen LogP contribution in [0.5, 0.6) is 5.75 Å². The molecule has 0 spiro atoms. The number of nitrogens with one attached hydrogen (secondary N) is 1. The Labute approximate surface area is 169 Å². The summed E-state index contributed by atoms with van der Waals surface area (Å²) in [5.74, 6) is 2.44. The molecule has 4 rings (SSSR count). The molecule has 1 unspecified atom stereocenters. The standard InChI is InChI=1S/C19H23ClN6O2/c1-13-11-26-12-21-17(10-18(26)22-13)24-5-7-25(8-6-24)19(27)23-15-9-14(20)3-4-16(15)28-2/h3-4,9-10,12-13H,5-8,11H2,1-2H3,(H,23,27). The van der Waals surface area contributed by atoms with Crippen molar-refractivity contribution in [1.29, 1.82) is 0 Å². The second-order valence-corrected chi connectivity index (χ2v) is 7.42. The van der Waals surface area contributed by atoms with E-state index in [9.17, 15) is 4.79 Å². The molecule has 3 heterocycles. The second-order valence-electron chi connectivity index (χ2n) is 6.98. The zero-order valence-electron chi connectivity index (χ0n) is 15.9. The van der Waals surface area contributed by atoms with Gasteiger partial charge in [-0.25, -0.2) is 9.79 Å². The van der Waals surface area contributed by atoms with Gasteiger partial charge in [0, 0.05) is 43.8 Å². The number of methoxy groups -OCH3 is 1. The minimum absolute atomic E-state index is 0.165. The average Bonchev–Trinajstić information content (AvgIpc) is 3.07. The van der Waals surface area contributed by atoms with E-state index < -0.39 is 0 Å². The molecule has 1 aromatic carbocycles. The molecule has 1 aromatic rings. The Morgan fingerprint density at radius 1 is 1.29 bits per heavy atom. The first kappa shape index (κ1) is 18.6. The Morgan fingerprint density at radius 2 is 2.07 bits per heavy atom. The molecule has 3 aliphatic heterocycles. The number of rotatable bonds is 3. The maximum Gasteiger partial charge on any atom is 0.322 e. The van der Waals surface area contributed by atoms with E-state index in [0.29, 0.717) is 48.7 Å². The number of carbonyl (C=O) groups excluding carboxylic acids is 1. The predicted octanol–water partition coefficient (Wildman–Crippen LogP) is 2.48. The smallest absolute Gasteiger partial charge is 0.322 e. The summed E-state index contributed by atoms with van der Waals surface area (Å²) in [6.07, 6.45) is 3.87. The number of amidine groups is 1. The van der Waals surface area contributed by atoms with Gasteiger partial charge in [0.1, 0.15) is 17.4 Å². The summed E-state index contributed by atoms with van der Waals surface area (Å²) in [4.78, 5) is 27.9. The van der Waals surface area contributed by atoms with Crippen LogP contribution in [0.3, 0.4) is 0 Å². The van der Waals surface area contributed by atoms with Crippen LogP contribution in [0.1, 0.15) is 6.92 Å². The zero-order chi connectivity index (χ0) is 19.7. The number of aliphatic imine (C=N–C) groups is 2. The molecule has 0 aliphatic carbocycles. The monoisotopic (exact) mass is 402 g/mol. The first-order valence-electron chi connectivity index (χ1n) is 9.28. The highest BCUT2D eigenvalue weighted by Gasteiger charge is 2.27. The Bertz CT molecular complexity index is 860. The van der Waals surface area contributed by atoms with Gasteiger partial charge in [0.25, 0.3) is 0 Å². The fourth-order valence-electron chi connectivity index (χ4n) is 3.51. The lowest BCUT2D eigenvalue weighted by Crippen LogP contribution is -2.50. The zero-order valence-corrected chi connectivity index (χ0v) is 16.7. The van der Waals surface area contributed by atoms with Gasteiger partial charge in [-0.2, -0.15) is 0 Å². The van der Waals surface area contributed by atoms with Crippen LogP contribution in [0.25, 0.3) is 0 Å². The van der Waals surface area contributed by atoms with Gasteiger partial charge in [-0.3, -0.25) is 4.99 Å². The van der Waals surface area contributed by atoms with E-state index in [-0.39, 0.29) is 6.03 Å². The van der Waals surface area contributed by atoms with E-state index in [2.05, 4.69) is 32.0 Å². The number of piperazine rings is 1. The Kier molecular flexibility index (Phi) is 5.13. The molecule has 0 aromatic heterocycles. The lowest BCUT2D eigenvalue weighted by molar-refractivity contribution is 0.166. The number of amides is 2. The van der Waals surface area contributed by atoms with Gasteiger partial charge in [0.05, 0.1) is 25.2 Å². The normalized spacial score (nSPS) is 21.2. The van der Waals surface area contributed by atoms with Gasteiger partial charge in [-0.15, -0.1) is 0 Å². The molecule has 8 nitrogen and oxygen atoms in total. The maximum atomic E-state index is 12.6. The van der Waals surface area contributed by atoms with Crippen LogP contribution in [0.4, 0.5) is 10.5 Å².